The second-order valence-corrected chi connectivity index (χ2v) is 1.98. The summed E-state index contributed by atoms with van der Waals surface area (Å²) >= 11 is 0. The molecule has 0 fully saturated rings. The SMILES string of the molecule is NC(=O)NC(CCO)C(N)=O. The van der Waals surface area contributed by atoms with Crippen molar-refractivity contribution in [2.24, 2.45) is 11.5 Å². The first-order valence-electron chi connectivity index (χ1n) is 3.04. The van der Waals surface area contributed by atoms with Gasteiger partial charge in [0, 0.05) is 6.61 Å². The first-order chi connectivity index (χ1) is 5.07. The number of rotatable bonds is 4. The minimum atomic E-state index is -0.877. The molecule has 6 heteroatoms. The van der Waals surface area contributed by atoms with Crippen LogP contribution in [0.5, 0.6) is 0 Å². The van der Waals surface area contributed by atoms with Crippen LogP contribution in [-0.2, 0) is 4.79 Å². The zero-order chi connectivity index (χ0) is 8.85. The van der Waals surface area contributed by atoms with E-state index in [0.29, 0.717) is 0 Å². The lowest BCUT2D eigenvalue weighted by Crippen LogP contribution is -2.47. The molecule has 0 aromatic heterocycles. The summed E-state index contributed by atoms with van der Waals surface area (Å²) in [6, 6.07) is -1.71. The van der Waals surface area contributed by atoms with Gasteiger partial charge in [-0.15, -0.1) is 0 Å². The Morgan fingerprint density at radius 1 is 1.45 bits per heavy atom. The van der Waals surface area contributed by atoms with Gasteiger partial charge in [-0.05, 0) is 6.42 Å². The van der Waals surface area contributed by atoms with E-state index in [-0.39, 0.29) is 13.0 Å². The molecule has 1 atom stereocenters. The molecule has 0 bridgehead atoms. The molecule has 0 aromatic carbocycles. The summed E-state index contributed by atoms with van der Waals surface area (Å²) < 4.78 is 0. The number of amides is 3. The van der Waals surface area contributed by atoms with Crippen molar-refractivity contribution in [2.75, 3.05) is 6.61 Å². The number of hydrogen-bond donors (Lipinski definition) is 4. The topological polar surface area (TPSA) is 118 Å². The van der Waals surface area contributed by atoms with Gasteiger partial charge in [-0.25, -0.2) is 4.79 Å². The summed E-state index contributed by atoms with van der Waals surface area (Å²) in [5, 5.41) is 10.5. The fraction of sp³-hybridized carbons (Fsp3) is 0.600. The Morgan fingerprint density at radius 2 is 2.00 bits per heavy atom. The van der Waals surface area contributed by atoms with Crippen LogP contribution in [0.3, 0.4) is 0 Å². The van der Waals surface area contributed by atoms with Crippen LogP contribution in [0.1, 0.15) is 6.42 Å². The molecular weight excluding hydrogens is 150 g/mol. The standard InChI is InChI=1S/C5H11N3O3/c6-4(10)3(1-2-9)8-5(7)11/h3,9H,1-2H2,(H2,6,10)(H3,7,8,11). The Balaban J connectivity index is 3.89. The molecule has 6 N–H and O–H groups in total. The minimum Gasteiger partial charge on any atom is -0.396 e. The lowest BCUT2D eigenvalue weighted by atomic mass is 10.2. The second-order valence-electron chi connectivity index (χ2n) is 1.98. The Labute approximate surface area is 63.5 Å². The smallest absolute Gasteiger partial charge is 0.312 e. The zero-order valence-corrected chi connectivity index (χ0v) is 5.91. The van der Waals surface area contributed by atoms with Crippen molar-refractivity contribution in [3.63, 3.8) is 0 Å². The van der Waals surface area contributed by atoms with Crippen molar-refractivity contribution in [3.8, 4) is 0 Å². The molecule has 0 radical (unpaired) electrons. The van der Waals surface area contributed by atoms with Gasteiger partial charge >= 0.3 is 6.03 Å². The van der Waals surface area contributed by atoms with Crippen LogP contribution < -0.4 is 16.8 Å². The van der Waals surface area contributed by atoms with E-state index in [0.717, 1.165) is 0 Å². The van der Waals surface area contributed by atoms with E-state index >= 15 is 0 Å². The summed E-state index contributed by atoms with van der Waals surface area (Å²) in [5.74, 6) is -0.710. The highest BCUT2D eigenvalue weighted by Crippen LogP contribution is 1.88. The molecule has 0 spiro atoms. The molecule has 64 valence electrons. The van der Waals surface area contributed by atoms with Gasteiger partial charge in [0.05, 0.1) is 0 Å². The van der Waals surface area contributed by atoms with Gasteiger partial charge in [0.15, 0.2) is 0 Å². The molecule has 11 heavy (non-hydrogen) atoms. The maximum Gasteiger partial charge on any atom is 0.312 e. The van der Waals surface area contributed by atoms with Crippen molar-refractivity contribution in [1.82, 2.24) is 5.32 Å². The van der Waals surface area contributed by atoms with Crippen LogP contribution in [0.2, 0.25) is 0 Å². The molecule has 0 aliphatic rings. The number of nitrogens with two attached hydrogens (primary N) is 2. The third kappa shape index (κ3) is 4.15. The zero-order valence-electron chi connectivity index (χ0n) is 5.91. The van der Waals surface area contributed by atoms with Crippen LogP contribution in [0.25, 0.3) is 0 Å². The van der Waals surface area contributed by atoms with Gasteiger partial charge in [0.25, 0.3) is 0 Å². The summed E-state index contributed by atoms with van der Waals surface area (Å²) in [7, 11) is 0. The fourth-order valence-corrected chi connectivity index (χ4v) is 0.586. The Hall–Kier alpha value is -1.30. The number of hydrogen-bond acceptors (Lipinski definition) is 3. The van der Waals surface area contributed by atoms with E-state index in [2.05, 4.69) is 5.32 Å². The third-order valence-electron chi connectivity index (χ3n) is 1.08. The van der Waals surface area contributed by atoms with Gasteiger partial charge in [-0.1, -0.05) is 0 Å². The molecular formula is C5H11N3O3. The van der Waals surface area contributed by atoms with Gasteiger partial charge in [0.1, 0.15) is 6.04 Å². The summed E-state index contributed by atoms with van der Waals surface area (Å²) in [6.07, 6.45) is 0.0816. The van der Waals surface area contributed by atoms with E-state index in [1.807, 2.05) is 0 Å². The van der Waals surface area contributed by atoms with Crippen LogP contribution in [0, 0.1) is 0 Å². The van der Waals surface area contributed by atoms with Gasteiger partial charge < -0.3 is 21.9 Å². The quantitative estimate of drug-likeness (QED) is 0.377. The molecule has 3 amide bonds. The largest absolute Gasteiger partial charge is 0.396 e. The number of aliphatic hydroxyl groups is 1. The summed E-state index contributed by atoms with van der Waals surface area (Å²) in [5.41, 5.74) is 9.57. The Morgan fingerprint density at radius 3 is 2.27 bits per heavy atom. The van der Waals surface area contributed by atoms with Gasteiger partial charge in [-0.3, -0.25) is 4.79 Å². The lowest BCUT2D eigenvalue weighted by molar-refractivity contribution is -0.120. The Bertz CT molecular complexity index is 159. The maximum atomic E-state index is 10.5. The van der Waals surface area contributed by atoms with E-state index in [1.165, 1.54) is 0 Å². The summed E-state index contributed by atoms with van der Waals surface area (Å²) in [6.45, 7) is -0.228. The molecule has 1 unspecified atom stereocenters. The molecule has 0 aliphatic carbocycles. The molecule has 0 saturated heterocycles. The van der Waals surface area contributed by atoms with Crippen molar-refractivity contribution in [1.29, 1.82) is 0 Å². The molecule has 6 nitrogen and oxygen atoms in total. The van der Waals surface area contributed by atoms with E-state index in [1.54, 1.807) is 0 Å². The summed E-state index contributed by atoms with van der Waals surface area (Å²) in [4.78, 5) is 20.7. The predicted molar refractivity (Wildman–Crippen MR) is 37.4 cm³/mol. The first-order valence-corrected chi connectivity index (χ1v) is 3.04. The number of aliphatic hydroxyl groups excluding tert-OH is 1. The number of primary amides is 2. The molecule has 0 rings (SSSR count). The minimum absolute atomic E-state index is 0.0816. The Kier molecular flexibility index (Phi) is 3.97. The number of urea groups is 1. The van der Waals surface area contributed by atoms with Gasteiger partial charge in [-0.2, -0.15) is 0 Å². The monoisotopic (exact) mass is 161 g/mol. The third-order valence-corrected chi connectivity index (χ3v) is 1.08. The van der Waals surface area contributed by atoms with Crippen LogP contribution in [0.4, 0.5) is 4.79 Å². The van der Waals surface area contributed by atoms with Crippen molar-refractivity contribution < 1.29 is 14.7 Å². The van der Waals surface area contributed by atoms with Crippen molar-refractivity contribution >= 4 is 11.9 Å². The van der Waals surface area contributed by atoms with E-state index in [4.69, 9.17) is 16.6 Å². The van der Waals surface area contributed by atoms with E-state index < -0.39 is 18.0 Å². The molecule has 0 saturated carbocycles. The normalized spacial score (nSPS) is 12.1. The average molecular weight is 161 g/mol. The van der Waals surface area contributed by atoms with Crippen LogP contribution >= 0.6 is 0 Å². The van der Waals surface area contributed by atoms with Crippen LogP contribution in [-0.4, -0.2) is 29.7 Å². The molecule has 0 heterocycles. The van der Waals surface area contributed by atoms with E-state index in [9.17, 15) is 9.59 Å². The molecule has 0 aliphatic heterocycles. The highest BCUT2D eigenvalue weighted by Gasteiger charge is 2.14. The van der Waals surface area contributed by atoms with Gasteiger partial charge in [0.2, 0.25) is 5.91 Å². The van der Waals surface area contributed by atoms with Crippen molar-refractivity contribution in [3.05, 3.63) is 0 Å². The highest BCUT2D eigenvalue weighted by atomic mass is 16.3. The maximum absolute atomic E-state index is 10.5. The van der Waals surface area contributed by atoms with Crippen molar-refractivity contribution in [2.45, 2.75) is 12.5 Å². The highest BCUT2D eigenvalue weighted by molar-refractivity contribution is 5.85. The number of carbonyl (C=O) groups is 2. The van der Waals surface area contributed by atoms with Crippen LogP contribution in [0.15, 0.2) is 0 Å². The second kappa shape index (κ2) is 4.51. The average Bonchev–Trinajstić information content (AvgIpc) is 1.86. The lowest BCUT2D eigenvalue weighted by Gasteiger charge is -2.11. The predicted octanol–water partition coefficient (Wildman–Crippen LogP) is -2.11. The molecule has 0 aromatic rings. The number of nitrogens with one attached hydrogen (secondary N) is 1. The number of carbonyl (C=O) groups excluding carboxylic acids is 2. The first kappa shape index (κ1) is 9.70. The fourth-order valence-electron chi connectivity index (χ4n) is 0.586.